The van der Waals surface area contributed by atoms with Gasteiger partial charge in [-0.15, -0.1) is 5.10 Å². The van der Waals surface area contributed by atoms with E-state index >= 15 is 0 Å². The van der Waals surface area contributed by atoms with Gasteiger partial charge in [-0.05, 0) is 37.2 Å². The Labute approximate surface area is 117 Å². The molecule has 19 heavy (non-hydrogen) atoms. The number of likely N-dealkylation sites (tertiary alicyclic amines) is 1. The Hall–Kier alpha value is -1.48. The van der Waals surface area contributed by atoms with Crippen molar-refractivity contribution >= 4 is 17.4 Å². The highest BCUT2D eigenvalue weighted by molar-refractivity contribution is 7.08. The summed E-state index contributed by atoms with van der Waals surface area (Å²) < 4.78 is 3.90. The minimum Gasteiger partial charge on any atom is -0.338 e. The van der Waals surface area contributed by atoms with Crippen LogP contribution < -0.4 is 0 Å². The van der Waals surface area contributed by atoms with E-state index in [2.05, 4.69) is 15.7 Å². The van der Waals surface area contributed by atoms with Crippen LogP contribution in [0, 0.1) is 16.7 Å². The molecule has 0 aliphatic carbocycles. The maximum absolute atomic E-state index is 12.5. The molecule has 1 aliphatic rings. The molecule has 5 nitrogen and oxygen atoms in total. The second-order valence-corrected chi connectivity index (χ2v) is 6.36. The first-order valence-electron chi connectivity index (χ1n) is 6.49. The molecule has 0 N–H and O–H groups in total. The lowest BCUT2D eigenvalue weighted by molar-refractivity contribution is 0.0665. The van der Waals surface area contributed by atoms with Crippen molar-refractivity contribution in [2.45, 2.75) is 39.5 Å². The zero-order chi connectivity index (χ0) is 14.0. The molecule has 0 spiro atoms. The van der Waals surface area contributed by atoms with Crippen LogP contribution in [0.15, 0.2) is 0 Å². The Bertz CT molecular complexity index is 509. The fraction of sp³-hybridized carbons (Fsp3) is 0.692. The van der Waals surface area contributed by atoms with E-state index in [1.54, 1.807) is 0 Å². The maximum Gasteiger partial charge on any atom is 0.267 e. The maximum atomic E-state index is 12.5. The second kappa shape index (κ2) is 5.25. The van der Waals surface area contributed by atoms with Gasteiger partial charge in [-0.25, -0.2) is 0 Å². The first-order chi connectivity index (χ1) is 8.97. The predicted octanol–water partition coefficient (Wildman–Crippen LogP) is 2.43. The van der Waals surface area contributed by atoms with Gasteiger partial charge in [0.25, 0.3) is 5.91 Å². The topological polar surface area (TPSA) is 69.9 Å². The molecule has 0 aromatic carbocycles. The quantitative estimate of drug-likeness (QED) is 0.833. The molecular formula is C13H18N4OS. The molecule has 1 aliphatic heterocycles. The third-order valence-corrected chi connectivity index (χ3v) is 4.41. The summed E-state index contributed by atoms with van der Waals surface area (Å²) >= 11 is 1.17. The van der Waals surface area contributed by atoms with Crippen molar-refractivity contribution in [2.24, 2.45) is 5.41 Å². The van der Waals surface area contributed by atoms with Gasteiger partial charge < -0.3 is 4.90 Å². The van der Waals surface area contributed by atoms with E-state index in [0.717, 1.165) is 18.5 Å². The number of amides is 1. The summed E-state index contributed by atoms with van der Waals surface area (Å²) in [6, 6.07) is 2.34. The van der Waals surface area contributed by atoms with Gasteiger partial charge in [0, 0.05) is 13.1 Å². The molecule has 2 heterocycles. The van der Waals surface area contributed by atoms with Gasteiger partial charge in [-0.1, -0.05) is 18.3 Å². The van der Waals surface area contributed by atoms with Gasteiger partial charge in [-0.2, -0.15) is 5.26 Å². The number of piperidine rings is 1. The fourth-order valence-corrected chi connectivity index (χ4v) is 2.97. The molecule has 1 amide bonds. The van der Waals surface area contributed by atoms with Crippen LogP contribution in [-0.2, 0) is 0 Å². The SMILES string of the molecule is CC(C)c1nnsc1C(=O)N1CCC(C)(C#N)CC1. The smallest absolute Gasteiger partial charge is 0.267 e. The van der Waals surface area contributed by atoms with Gasteiger partial charge in [0.15, 0.2) is 0 Å². The Morgan fingerprint density at radius 2 is 2.11 bits per heavy atom. The van der Waals surface area contributed by atoms with E-state index in [1.165, 1.54) is 11.5 Å². The summed E-state index contributed by atoms with van der Waals surface area (Å²) in [5, 5.41) is 13.1. The standard InChI is InChI=1S/C13H18N4OS/c1-9(2)10-11(19-16-15-10)12(18)17-6-4-13(3,8-14)5-7-17/h9H,4-7H2,1-3H3. The predicted molar refractivity (Wildman–Crippen MR) is 72.9 cm³/mol. The Morgan fingerprint density at radius 3 is 2.63 bits per heavy atom. The minimum atomic E-state index is -0.288. The molecule has 0 bridgehead atoms. The van der Waals surface area contributed by atoms with E-state index in [9.17, 15) is 4.79 Å². The Balaban J connectivity index is 2.10. The van der Waals surface area contributed by atoms with E-state index in [-0.39, 0.29) is 17.2 Å². The molecule has 1 saturated heterocycles. The molecule has 0 saturated carbocycles. The molecule has 0 atom stereocenters. The number of rotatable bonds is 2. The summed E-state index contributed by atoms with van der Waals surface area (Å²) in [7, 11) is 0. The lowest BCUT2D eigenvalue weighted by Crippen LogP contribution is -2.41. The summed E-state index contributed by atoms with van der Waals surface area (Å²) in [6.45, 7) is 7.26. The van der Waals surface area contributed by atoms with Gasteiger partial charge in [-0.3, -0.25) is 4.79 Å². The normalized spacial score (nSPS) is 18.4. The average molecular weight is 278 g/mol. The lowest BCUT2D eigenvalue weighted by Gasteiger charge is -2.34. The minimum absolute atomic E-state index is 0.0127. The molecule has 1 aromatic rings. The molecule has 1 aromatic heterocycles. The molecule has 6 heteroatoms. The van der Waals surface area contributed by atoms with Crippen molar-refractivity contribution in [2.75, 3.05) is 13.1 Å². The molecule has 102 valence electrons. The van der Waals surface area contributed by atoms with Crippen molar-refractivity contribution in [1.82, 2.24) is 14.5 Å². The van der Waals surface area contributed by atoms with Crippen LogP contribution in [0.3, 0.4) is 0 Å². The first-order valence-corrected chi connectivity index (χ1v) is 7.27. The molecule has 0 unspecified atom stereocenters. The Morgan fingerprint density at radius 1 is 1.47 bits per heavy atom. The van der Waals surface area contributed by atoms with Crippen LogP contribution in [0.25, 0.3) is 0 Å². The van der Waals surface area contributed by atoms with Crippen LogP contribution in [0.4, 0.5) is 0 Å². The summed E-state index contributed by atoms with van der Waals surface area (Å²) in [6.07, 6.45) is 1.47. The number of hydrogen-bond acceptors (Lipinski definition) is 5. The van der Waals surface area contributed by atoms with Gasteiger partial charge in [0.05, 0.1) is 17.2 Å². The van der Waals surface area contributed by atoms with Crippen molar-refractivity contribution < 1.29 is 4.79 Å². The van der Waals surface area contributed by atoms with Crippen LogP contribution in [0.1, 0.15) is 54.9 Å². The van der Waals surface area contributed by atoms with Crippen molar-refractivity contribution in [3.8, 4) is 6.07 Å². The van der Waals surface area contributed by atoms with E-state index in [1.807, 2.05) is 25.7 Å². The van der Waals surface area contributed by atoms with Gasteiger partial charge >= 0.3 is 0 Å². The summed E-state index contributed by atoms with van der Waals surface area (Å²) in [5.74, 6) is 0.213. The highest BCUT2D eigenvalue weighted by Crippen LogP contribution is 2.31. The fourth-order valence-electron chi connectivity index (χ4n) is 2.18. The highest BCUT2D eigenvalue weighted by Gasteiger charge is 2.33. The summed E-state index contributed by atoms with van der Waals surface area (Å²) in [5.41, 5.74) is 0.493. The van der Waals surface area contributed by atoms with Gasteiger partial charge in [0.2, 0.25) is 0 Å². The monoisotopic (exact) mass is 278 g/mol. The van der Waals surface area contributed by atoms with Crippen LogP contribution >= 0.6 is 11.5 Å². The van der Waals surface area contributed by atoms with Gasteiger partial charge in [0.1, 0.15) is 4.88 Å². The van der Waals surface area contributed by atoms with Crippen LogP contribution in [0.2, 0.25) is 0 Å². The molecular weight excluding hydrogens is 260 g/mol. The number of aromatic nitrogens is 2. The molecule has 0 radical (unpaired) electrons. The number of hydrogen-bond donors (Lipinski definition) is 0. The third kappa shape index (κ3) is 2.76. The van der Waals surface area contributed by atoms with Crippen molar-refractivity contribution in [3.63, 3.8) is 0 Å². The lowest BCUT2D eigenvalue weighted by atomic mass is 9.82. The van der Waals surface area contributed by atoms with E-state index in [0.29, 0.717) is 18.0 Å². The molecule has 2 rings (SSSR count). The number of carbonyl (C=O) groups is 1. The first kappa shape index (κ1) is 13.9. The largest absolute Gasteiger partial charge is 0.338 e. The highest BCUT2D eigenvalue weighted by atomic mass is 32.1. The van der Waals surface area contributed by atoms with Crippen LogP contribution in [-0.4, -0.2) is 33.5 Å². The third-order valence-electron chi connectivity index (χ3n) is 3.68. The average Bonchev–Trinajstić information content (AvgIpc) is 2.88. The molecule has 1 fully saturated rings. The number of nitriles is 1. The second-order valence-electron chi connectivity index (χ2n) is 5.61. The van der Waals surface area contributed by atoms with E-state index < -0.39 is 0 Å². The van der Waals surface area contributed by atoms with Crippen LogP contribution in [0.5, 0.6) is 0 Å². The zero-order valence-electron chi connectivity index (χ0n) is 11.5. The Kier molecular flexibility index (Phi) is 3.85. The summed E-state index contributed by atoms with van der Waals surface area (Å²) in [4.78, 5) is 14.9. The number of carbonyl (C=O) groups excluding carboxylic acids is 1. The zero-order valence-corrected chi connectivity index (χ0v) is 12.3. The number of nitrogens with zero attached hydrogens (tertiary/aromatic N) is 4. The van der Waals surface area contributed by atoms with Crippen molar-refractivity contribution in [1.29, 1.82) is 5.26 Å². The van der Waals surface area contributed by atoms with Crippen molar-refractivity contribution in [3.05, 3.63) is 10.6 Å². The van der Waals surface area contributed by atoms with E-state index in [4.69, 9.17) is 5.26 Å².